The van der Waals surface area contributed by atoms with Crippen LogP contribution in [0, 0.1) is 0 Å². The zero-order valence-corrected chi connectivity index (χ0v) is 19.0. The molecule has 5 nitrogen and oxygen atoms in total. The SMILES string of the molecule is COc1ccc(C(=O)N[C@@H](CNC(=O)c2ccc(C(C)(C)C)cc2)c2ccccc2)cc1. The molecule has 0 aliphatic carbocycles. The van der Waals surface area contributed by atoms with E-state index in [-0.39, 0.29) is 29.8 Å². The summed E-state index contributed by atoms with van der Waals surface area (Å²) in [5.74, 6) is 0.293. The third kappa shape index (κ3) is 5.97. The number of methoxy groups -OCH3 is 1. The number of hydrogen-bond donors (Lipinski definition) is 2. The number of carbonyl (C=O) groups excluding carboxylic acids is 2. The van der Waals surface area contributed by atoms with Gasteiger partial charge in [0.05, 0.1) is 13.2 Å². The quantitative estimate of drug-likeness (QED) is 0.561. The van der Waals surface area contributed by atoms with E-state index in [1.807, 2.05) is 54.6 Å². The summed E-state index contributed by atoms with van der Waals surface area (Å²) in [6, 6.07) is 23.8. The number of nitrogens with one attached hydrogen (secondary N) is 2. The number of amides is 2. The molecule has 0 fully saturated rings. The summed E-state index contributed by atoms with van der Waals surface area (Å²) in [4.78, 5) is 25.5. The fraction of sp³-hybridized carbons (Fsp3) is 0.259. The number of carbonyl (C=O) groups is 2. The van der Waals surface area contributed by atoms with Crippen molar-refractivity contribution in [1.29, 1.82) is 0 Å². The second-order valence-corrected chi connectivity index (χ2v) is 8.70. The number of hydrogen-bond acceptors (Lipinski definition) is 3. The maximum Gasteiger partial charge on any atom is 0.251 e. The second kappa shape index (κ2) is 10.1. The third-order valence-electron chi connectivity index (χ3n) is 5.34. The van der Waals surface area contributed by atoms with Crippen LogP contribution >= 0.6 is 0 Å². The number of benzene rings is 3. The van der Waals surface area contributed by atoms with Crippen molar-refractivity contribution in [1.82, 2.24) is 10.6 Å². The Labute approximate surface area is 189 Å². The molecule has 2 amide bonds. The average molecular weight is 431 g/mol. The van der Waals surface area contributed by atoms with Crippen molar-refractivity contribution >= 4 is 11.8 Å². The van der Waals surface area contributed by atoms with E-state index < -0.39 is 0 Å². The van der Waals surface area contributed by atoms with Crippen LogP contribution in [-0.4, -0.2) is 25.5 Å². The molecule has 0 radical (unpaired) electrons. The van der Waals surface area contributed by atoms with E-state index in [9.17, 15) is 9.59 Å². The molecule has 0 aliphatic rings. The van der Waals surface area contributed by atoms with E-state index in [2.05, 4.69) is 31.4 Å². The minimum atomic E-state index is -0.372. The first-order valence-electron chi connectivity index (χ1n) is 10.7. The van der Waals surface area contributed by atoms with Gasteiger partial charge in [-0.05, 0) is 52.9 Å². The molecule has 0 unspecified atom stereocenters. The Morgan fingerprint density at radius 2 is 1.38 bits per heavy atom. The first-order chi connectivity index (χ1) is 15.3. The summed E-state index contributed by atoms with van der Waals surface area (Å²) in [6.07, 6.45) is 0. The lowest BCUT2D eigenvalue weighted by Gasteiger charge is -2.21. The van der Waals surface area contributed by atoms with Crippen LogP contribution in [0.25, 0.3) is 0 Å². The van der Waals surface area contributed by atoms with E-state index in [0.29, 0.717) is 16.9 Å². The second-order valence-electron chi connectivity index (χ2n) is 8.70. The Hall–Kier alpha value is -3.60. The van der Waals surface area contributed by atoms with Crippen molar-refractivity contribution in [2.75, 3.05) is 13.7 Å². The molecule has 0 aromatic heterocycles. The first kappa shape index (κ1) is 23.1. The molecule has 1 atom stereocenters. The molecule has 3 aromatic rings. The minimum absolute atomic E-state index is 0.0269. The average Bonchev–Trinajstić information content (AvgIpc) is 2.81. The summed E-state index contributed by atoms with van der Waals surface area (Å²) in [7, 11) is 1.58. The molecule has 2 N–H and O–H groups in total. The predicted molar refractivity (Wildman–Crippen MR) is 127 cm³/mol. The van der Waals surface area contributed by atoms with Gasteiger partial charge in [-0.3, -0.25) is 9.59 Å². The van der Waals surface area contributed by atoms with Gasteiger partial charge < -0.3 is 15.4 Å². The Morgan fingerprint density at radius 1 is 0.812 bits per heavy atom. The van der Waals surface area contributed by atoms with Crippen LogP contribution in [0.3, 0.4) is 0 Å². The smallest absolute Gasteiger partial charge is 0.251 e. The summed E-state index contributed by atoms with van der Waals surface area (Å²) < 4.78 is 5.15. The molecule has 0 heterocycles. The number of rotatable bonds is 7. The molecule has 166 valence electrons. The molecule has 0 saturated carbocycles. The Bertz CT molecular complexity index is 1040. The summed E-state index contributed by atoms with van der Waals surface area (Å²) >= 11 is 0. The summed E-state index contributed by atoms with van der Waals surface area (Å²) in [6.45, 7) is 6.68. The Kier molecular flexibility index (Phi) is 7.31. The lowest BCUT2D eigenvalue weighted by molar-refractivity contribution is 0.0908. The van der Waals surface area contributed by atoms with Gasteiger partial charge in [-0.1, -0.05) is 63.2 Å². The van der Waals surface area contributed by atoms with Gasteiger partial charge in [0.2, 0.25) is 0 Å². The zero-order valence-electron chi connectivity index (χ0n) is 19.0. The lowest BCUT2D eigenvalue weighted by atomic mass is 9.87. The van der Waals surface area contributed by atoms with Gasteiger partial charge in [-0.15, -0.1) is 0 Å². The fourth-order valence-corrected chi connectivity index (χ4v) is 3.34. The number of ether oxygens (including phenoxy) is 1. The lowest BCUT2D eigenvalue weighted by Crippen LogP contribution is -2.38. The van der Waals surface area contributed by atoms with Crippen molar-refractivity contribution in [3.05, 3.63) is 101 Å². The van der Waals surface area contributed by atoms with Crippen LogP contribution in [0.15, 0.2) is 78.9 Å². The van der Waals surface area contributed by atoms with Gasteiger partial charge in [0.15, 0.2) is 0 Å². The van der Waals surface area contributed by atoms with Crippen LogP contribution in [0.5, 0.6) is 5.75 Å². The molecule has 5 heteroatoms. The van der Waals surface area contributed by atoms with Crippen LogP contribution in [0.2, 0.25) is 0 Å². The van der Waals surface area contributed by atoms with E-state index in [1.165, 1.54) is 5.56 Å². The van der Waals surface area contributed by atoms with E-state index in [1.54, 1.807) is 31.4 Å². The van der Waals surface area contributed by atoms with Crippen LogP contribution in [-0.2, 0) is 5.41 Å². The fourth-order valence-electron chi connectivity index (χ4n) is 3.34. The van der Waals surface area contributed by atoms with Gasteiger partial charge in [0.25, 0.3) is 11.8 Å². The normalized spacial score (nSPS) is 12.0. The van der Waals surface area contributed by atoms with Crippen LogP contribution < -0.4 is 15.4 Å². The zero-order chi connectivity index (χ0) is 23.1. The molecule has 32 heavy (non-hydrogen) atoms. The molecular weight excluding hydrogens is 400 g/mol. The molecule has 0 saturated heterocycles. The van der Waals surface area contributed by atoms with Crippen molar-refractivity contribution in [2.24, 2.45) is 0 Å². The highest BCUT2D eigenvalue weighted by Gasteiger charge is 2.18. The van der Waals surface area contributed by atoms with E-state index in [0.717, 1.165) is 5.56 Å². The highest BCUT2D eigenvalue weighted by Crippen LogP contribution is 2.22. The van der Waals surface area contributed by atoms with Crippen molar-refractivity contribution in [2.45, 2.75) is 32.2 Å². The van der Waals surface area contributed by atoms with Gasteiger partial charge >= 0.3 is 0 Å². The van der Waals surface area contributed by atoms with Gasteiger partial charge in [0, 0.05) is 17.7 Å². The molecule has 3 rings (SSSR count). The van der Waals surface area contributed by atoms with Crippen LogP contribution in [0.4, 0.5) is 0 Å². The van der Waals surface area contributed by atoms with Crippen molar-refractivity contribution < 1.29 is 14.3 Å². The maximum atomic E-state index is 12.8. The predicted octanol–water partition coefficient (Wildman–Crippen LogP) is 4.89. The summed E-state index contributed by atoms with van der Waals surface area (Å²) in [5.41, 5.74) is 3.22. The highest BCUT2D eigenvalue weighted by molar-refractivity contribution is 5.95. The minimum Gasteiger partial charge on any atom is -0.497 e. The topological polar surface area (TPSA) is 67.4 Å². The maximum absolute atomic E-state index is 12.8. The van der Waals surface area contributed by atoms with Gasteiger partial charge in [0.1, 0.15) is 5.75 Å². The van der Waals surface area contributed by atoms with E-state index >= 15 is 0 Å². The Morgan fingerprint density at radius 3 is 1.94 bits per heavy atom. The molecular formula is C27H30N2O3. The summed E-state index contributed by atoms with van der Waals surface area (Å²) in [5, 5.41) is 5.99. The molecule has 3 aromatic carbocycles. The van der Waals surface area contributed by atoms with Gasteiger partial charge in [-0.2, -0.15) is 0 Å². The monoisotopic (exact) mass is 430 g/mol. The standard InChI is InChI=1S/C27H30N2O3/c1-27(2,3)22-14-10-20(11-15-22)25(30)28-18-24(19-8-6-5-7-9-19)29-26(31)21-12-16-23(32-4)17-13-21/h5-17,24H,18H2,1-4H3,(H,28,30)(H,29,31)/t24-/m0/s1. The largest absolute Gasteiger partial charge is 0.497 e. The highest BCUT2D eigenvalue weighted by atomic mass is 16.5. The van der Waals surface area contributed by atoms with Crippen molar-refractivity contribution in [3.8, 4) is 5.75 Å². The first-order valence-corrected chi connectivity index (χ1v) is 10.7. The van der Waals surface area contributed by atoms with Gasteiger partial charge in [-0.25, -0.2) is 0 Å². The molecule has 0 aliphatic heterocycles. The molecule has 0 spiro atoms. The molecule has 0 bridgehead atoms. The van der Waals surface area contributed by atoms with Crippen LogP contribution in [0.1, 0.15) is 58.7 Å². The van der Waals surface area contributed by atoms with E-state index in [4.69, 9.17) is 4.74 Å². The third-order valence-corrected chi connectivity index (χ3v) is 5.34. The van der Waals surface area contributed by atoms with Crippen molar-refractivity contribution in [3.63, 3.8) is 0 Å². The Balaban J connectivity index is 1.70.